The van der Waals surface area contributed by atoms with E-state index in [2.05, 4.69) is 22.4 Å². The number of nitrogens with one attached hydrogen (secondary N) is 1. The Hall–Kier alpha value is -1.46. The number of benzene rings is 1. The van der Waals surface area contributed by atoms with Crippen LogP contribution in [0.3, 0.4) is 0 Å². The lowest BCUT2D eigenvalue weighted by molar-refractivity contribution is 0.341. The van der Waals surface area contributed by atoms with Gasteiger partial charge in [-0.1, -0.05) is 30.4 Å². The van der Waals surface area contributed by atoms with E-state index in [4.69, 9.17) is 4.74 Å². The van der Waals surface area contributed by atoms with Crippen LogP contribution >= 0.6 is 11.3 Å². The van der Waals surface area contributed by atoms with Crippen molar-refractivity contribution in [3.05, 3.63) is 29.3 Å². The van der Waals surface area contributed by atoms with E-state index < -0.39 is 0 Å². The first-order chi connectivity index (χ1) is 10.3. The molecule has 0 aliphatic heterocycles. The van der Waals surface area contributed by atoms with Crippen LogP contribution in [0.2, 0.25) is 0 Å². The molecule has 0 bridgehead atoms. The van der Waals surface area contributed by atoms with E-state index in [1.54, 1.807) is 11.3 Å². The van der Waals surface area contributed by atoms with E-state index in [1.165, 1.54) is 6.42 Å². The van der Waals surface area contributed by atoms with Crippen LogP contribution in [0.1, 0.15) is 31.7 Å². The summed E-state index contributed by atoms with van der Waals surface area (Å²) >= 11 is 1.66. The van der Waals surface area contributed by atoms with Crippen LogP contribution in [0.5, 0.6) is 5.75 Å². The van der Waals surface area contributed by atoms with Crippen LogP contribution in [0.15, 0.2) is 24.3 Å². The Morgan fingerprint density at radius 3 is 2.81 bits per heavy atom. The van der Waals surface area contributed by atoms with Gasteiger partial charge in [-0.2, -0.15) is 0 Å². The smallest absolute Gasteiger partial charge is 0.151 e. The second-order valence-electron chi connectivity index (χ2n) is 4.78. The van der Waals surface area contributed by atoms with Crippen LogP contribution in [-0.4, -0.2) is 29.9 Å². The van der Waals surface area contributed by atoms with Crippen LogP contribution in [0.25, 0.3) is 10.6 Å². The maximum Gasteiger partial charge on any atom is 0.151 e. The SMILES string of the molecule is CCCNCCCc1nnc(-c2ccccc2OCC)s1. The second kappa shape index (κ2) is 8.74. The lowest BCUT2D eigenvalue weighted by atomic mass is 10.2. The number of rotatable bonds is 9. The van der Waals surface area contributed by atoms with E-state index in [9.17, 15) is 0 Å². The van der Waals surface area contributed by atoms with Crippen molar-refractivity contribution in [2.45, 2.75) is 33.1 Å². The van der Waals surface area contributed by atoms with E-state index in [1.807, 2.05) is 31.2 Å². The summed E-state index contributed by atoms with van der Waals surface area (Å²) in [6, 6.07) is 8.01. The summed E-state index contributed by atoms with van der Waals surface area (Å²) in [6.45, 7) is 6.96. The fourth-order valence-corrected chi connectivity index (χ4v) is 2.97. The van der Waals surface area contributed by atoms with Crippen molar-refractivity contribution >= 4 is 11.3 Å². The molecule has 1 heterocycles. The fourth-order valence-electron chi connectivity index (χ4n) is 2.05. The highest BCUT2D eigenvalue weighted by molar-refractivity contribution is 7.14. The minimum atomic E-state index is 0.659. The molecule has 1 N–H and O–H groups in total. The molecule has 0 amide bonds. The predicted octanol–water partition coefficient (Wildman–Crippen LogP) is 3.54. The molecule has 0 radical (unpaired) electrons. The number of nitrogens with zero attached hydrogens (tertiary/aromatic N) is 2. The van der Waals surface area contributed by atoms with Gasteiger partial charge in [0, 0.05) is 6.42 Å². The van der Waals surface area contributed by atoms with Crippen molar-refractivity contribution in [2.24, 2.45) is 0 Å². The lowest BCUT2D eigenvalue weighted by Crippen LogP contribution is -2.16. The van der Waals surface area contributed by atoms with Gasteiger partial charge in [-0.3, -0.25) is 0 Å². The quantitative estimate of drug-likeness (QED) is 0.720. The van der Waals surface area contributed by atoms with Crippen LogP contribution in [0, 0.1) is 0 Å². The molecular formula is C16H23N3OS. The van der Waals surface area contributed by atoms with Crippen molar-refractivity contribution in [3.63, 3.8) is 0 Å². The Balaban J connectivity index is 1.96. The lowest BCUT2D eigenvalue weighted by Gasteiger charge is -2.06. The topological polar surface area (TPSA) is 47.0 Å². The van der Waals surface area contributed by atoms with Crippen LogP contribution in [-0.2, 0) is 6.42 Å². The van der Waals surface area contributed by atoms with Gasteiger partial charge in [-0.05, 0) is 45.0 Å². The molecule has 0 unspecified atom stereocenters. The minimum absolute atomic E-state index is 0.659. The Bertz CT molecular complexity index is 542. The highest BCUT2D eigenvalue weighted by Crippen LogP contribution is 2.32. The molecule has 0 saturated heterocycles. The van der Waals surface area contributed by atoms with E-state index in [-0.39, 0.29) is 0 Å². The summed E-state index contributed by atoms with van der Waals surface area (Å²) in [4.78, 5) is 0. The summed E-state index contributed by atoms with van der Waals surface area (Å²) in [5, 5.41) is 14.0. The van der Waals surface area contributed by atoms with Gasteiger partial charge >= 0.3 is 0 Å². The van der Waals surface area contributed by atoms with Gasteiger partial charge in [0.05, 0.1) is 12.2 Å². The summed E-state index contributed by atoms with van der Waals surface area (Å²) in [5.74, 6) is 0.882. The summed E-state index contributed by atoms with van der Waals surface area (Å²) in [7, 11) is 0. The molecule has 0 aliphatic rings. The molecule has 2 rings (SSSR count). The van der Waals surface area contributed by atoms with Gasteiger partial charge in [0.25, 0.3) is 0 Å². The Kier molecular flexibility index (Phi) is 6.63. The predicted molar refractivity (Wildman–Crippen MR) is 88.0 cm³/mol. The van der Waals surface area contributed by atoms with E-state index in [0.717, 1.165) is 47.3 Å². The molecule has 2 aromatic rings. The van der Waals surface area contributed by atoms with Gasteiger partial charge in [0.15, 0.2) is 5.01 Å². The molecule has 21 heavy (non-hydrogen) atoms. The molecule has 0 atom stereocenters. The van der Waals surface area contributed by atoms with Crippen LogP contribution < -0.4 is 10.1 Å². The molecule has 4 nitrogen and oxygen atoms in total. The molecule has 0 saturated carbocycles. The summed E-state index contributed by atoms with van der Waals surface area (Å²) in [5.41, 5.74) is 1.03. The normalized spacial score (nSPS) is 10.8. The fraction of sp³-hybridized carbons (Fsp3) is 0.500. The first-order valence-corrected chi connectivity index (χ1v) is 8.42. The highest BCUT2D eigenvalue weighted by Gasteiger charge is 2.11. The Morgan fingerprint density at radius 1 is 1.14 bits per heavy atom. The molecule has 1 aromatic heterocycles. The Morgan fingerprint density at radius 2 is 2.00 bits per heavy atom. The highest BCUT2D eigenvalue weighted by atomic mass is 32.1. The first kappa shape index (κ1) is 15.9. The van der Waals surface area contributed by atoms with Crippen molar-refractivity contribution in [2.75, 3.05) is 19.7 Å². The van der Waals surface area contributed by atoms with E-state index in [0.29, 0.717) is 6.61 Å². The average Bonchev–Trinajstić information content (AvgIpc) is 2.97. The summed E-state index contributed by atoms with van der Waals surface area (Å²) in [6.07, 6.45) is 3.25. The zero-order valence-electron chi connectivity index (χ0n) is 12.8. The van der Waals surface area contributed by atoms with Crippen molar-refractivity contribution < 1.29 is 4.74 Å². The third kappa shape index (κ3) is 4.79. The number of hydrogen-bond donors (Lipinski definition) is 1. The van der Waals surface area contributed by atoms with Gasteiger partial charge in [-0.15, -0.1) is 10.2 Å². The zero-order valence-corrected chi connectivity index (χ0v) is 13.6. The van der Waals surface area contributed by atoms with Crippen molar-refractivity contribution in [1.82, 2.24) is 15.5 Å². The Labute approximate surface area is 130 Å². The molecule has 0 spiro atoms. The molecule has 5 heteroatoms. The van der Waals surface area contributed by atoms with Crippen molar-refractivity contribution in [1.29, 1.82) is 0 Å². The van der Waals surface area contributed by atoms with Gasteiger partial charge in [0.2, 0.25) is 0 Å². The molecule has 0 fully saturated rings. The summed E-state index contributed by atoms with van der Waals surface area (Å²) < 4.78 is 5.65. The minimum Gasteiger partial charge on any atom is -0.493 e. The third-order valence-electron chi connectivity index (χ3n) is 3.06. The largest absolute Gasteiger partial charge is 0.493 e. The zero-order chi connectivity index (χ0) is 14.9. The second-order valence-corrected chi connectivity index (χ2v) is 5.85. The maximum atomic E-state index is 5.65. The average molecular weight is 305 g/mol. The van der Waals surface area contributed by atoms with Crippen LogP contribution in [0.4, 0.5) is 0 Å². The van der Waals surface area contributed by atoms with E-state index >= 15 is 0 Å². The van der Waals surface area contributed by atoms with Crippen molar-refractivity contribution in [3.8, 4) is 16.3 Å². The van der Waals surface area contributed by atoms with Gasteiger partial charge in [-0.25, -0.2) is 0 Å². The van der Waals surface area contributed by atoms with Gasteiger partial charge < -0.3 is 10.1 Å². The number of aromatic nitrogens is 2. The number of para-hydroxylation sites is 1. The number of aryl methyl sites for hydroxylation is 1. The first-order valence-electron chi connectivity index (χ1n) is 7.60. The standard InChI is InChI=1S/C16H23N3OS/c1-3-11-17-12-7-10-15-18-19-16(21-15)13-8-5-6-9-14(13)20-4-2/h5-6,8-9,17H,3-4,7,10-12H2,1-2H3. The molecule has 1 aromatic carbocycles. The third-order valence-corrected chi connectivity index (χ3v) is 4.07. The molecule has 114 valence electrons. The molecular weight excluding hydrogens is 282 g/mol. The number of ether oxygens (including phenoxy) is 1. The maximum absolute atomic E-state index is 5.65. The monoisotopic (exact) mass is 305 g/mol. The van der Waals surface area contributed by atoms with Gasteiger partial charge in [0.1, 0.15) is 10.8 Å². The number of hydrogen-bond acceptors (Lipinski definition) is 5. The molecule has 0 aliphatic carbocycles.